The maximum absolute atomic E-state index is 11.6. The number of aliphatic carboxylic acids is 1. The lowest BCUT2D eigenvalue weighted by atomic mass is 10.1. The third-order valence-electron chi connectivity index (χ3n) is 3.08. The monoisotopic (exact) mass is 270 g/mol. The van der Waals surface area contributed by atoms with Crippen molar-refractivity contribution in [1.82, 2.24) is 10.6 Å². The van der Waals surface area contributed by atoms with Crippen LogP contribution in [0.25, 0.3) is 0 Å². The largest absolute Gasteiger partial charge is 0.480 e. The molecule has 1 fully saturated rings. The molecule has 0 aromatic heterocycles. The van der Waals surface area contributed by atoms with Crippen molar-refractivity contribution < 1.29 is 19.5 Å². The number of hydrogen-bond acceptors (Lipinski definition) is 3. The molecule has 2 amide bonds. The van der Waals surface area contributed by atoms with E-state index in [1.54, 1.807) is 0 Å². The van der Waals surface area contributed by atoms with Crippen LogP contribution in [0.1, 0.15) is 45.4 Å². The Balaban J connectivity index is 2.20. The van der Waals surface area contributed by atoms with Gasteiger partial charge in [-0.15, -0.1) is 0 Å². The van der Waals surface area contributed by atoms with Crippen LogP contribution in [-0.4, -0.2) is 35.5 Å². The van der Waals surface area contributed by atoms with Crippen LogP contribution in [0.5, 0.6) is 0 Å². The first-order valence-electron chi connectivity index (χ1n) is 6.81. The van der Waals surface area contributed by atoms with Crippen LogP contribution in [0, 0.1) is 5.92 Å². The highest BCUT2D eigenvalue weighted by Gasteiger charge is 2.29. The van der Waals surface area contributed by atoms with Gasteiger partial charge in [0.1, 0.15) is 6.04 Å². The number of hydrogen-bond donors (Lipinski definition) is 3. The number of carboxylic acid groups (broad SMARTS) is 1. The number of carbonyl (C=O) groups excluding carboxylic acids is 2. The quantitative estimate of drug-likeness (QED) is 0.573. The Morgan fingerprint density at radius 2 is 1.84 bits per heavy atom. The summed E-state index contributed by atoms with van der Waals surface area (Å²) in [7, 11) is 0. The normalized spacial score (nSPS) is 15.6. The van der Waals surface area contributed by atoms with Gasteiger partial charge in [-0.3, -0.25) is 9.59 Å². The molecule has 108 valence electrons. The molecule has 0 aromatic rings. The Morgan fingerprint density at radius 1 is 1.21 bits per heavy atom. The van der Waals surface area contributed by atoms with Crippen LogP contribution < -0.4 is 10.6 Å². The van der Waals surface area contributed by atoms with E-state index in [0.717, 1.165) is 12.8 Å². The predicted molar refractivity (Wildman–Crippen MR) is 69.4 cm³/mol. The molecule has 0 bridgehead atoms. The van der Waals surface area contributed by atoms with Crippen LogP contribution in [0.3, 0.4) is 0 Å². The molecule has 0 radical (unpaired) electrons. The summed E-state index contributed by atoms with van der Waals surface area (Å²) in [5.41, 5.74) is 0. The minimum atomic E-state index is -0.982. The molecule has 6 heteroatoms. The predicted octanol–water partition coefficient (Wildman–Crippen LogP) is 0.662. The number of carbonyl (C=O) groups is 3. The second-order valence-corrected chi connectivity index (χ2v) is 4.94. The smallest absolute Gasteiger partial charge is 0.326 e. The Labute approximate surface area is 112 Å². The molecule has 0 heterocycles. The number of carboxylic acids is 1. The Kier molecular flexibility index (Phi) is 6.32. The van der Waals surface area contributed by atoms with Crippen LogP contribution in [-0.2, 0) is 14.4 Å². The van der Waals surface area contributed by atoms with Crippen molar-refractivity contribution in [2.45, 2.75) is 51.5 Å². The van der Waals surface area contributed by atoms with Gasteiger partial charge in [-0.1, -0.05) is 12.8 Å². The first-order valence-corrected chi connectivity index (χ1v) is 6.81. The minimum absolute atomic E-state index is 0.0805. The van der Waals surface area contributed by atoms with E-state index in [2.05, 4.69) is 10.6 Å². The van der Waals surface area contributed by atoms with E-state index in [9.17, 15) is 14.4 Å². The summed E-state index contributed by atoms with van der Waals surface area (Å²) in [5, 5.41) is 14.2. The zero-order valence-electron chi connectivity index (χ0n) is 11.3. The second-order valence-electron chi connectivity index (χ2n) is 4.94. The van der Waals surface area contributed by atoms with E-state index in [1.165, 1.54) is 0 Å². The van der Waals surface area contributed by atoms with Crippen LogP contribution in [0.4, 0.5) is 0 Å². The molecule has 6 nitrogen and oxygen atoms in total. The van der Waals surface area contributed by atoms with Crippen LogP contribution >= 0.6 is 0 Å². The lowest BCUT2D eigenvalue weighted by molar-refractivity contribution is -0.142. The van der Waals surface area contributed by atoms with E-state index in [-0.39, 0.29) is 18.2 Å². The van der Waals surface area contributed by atoms with E-state index in [1.807, 2.05) is 6.92 Å². The second kappa shape index (κ2) is 7.76. The number of amides is 2. The fraction of sp³-hybridized carbons (Fsp3) is 0.769. The van der Waals surface area contributed by atoms with Gasteiger partial charge in [0.05, 0.1) is 0 Å². The zero-order chi connectivity index (χ0) is 14.3. The molecule has 1 aliphatic rings. The maximum Gasteiger partial charge on any atom is 0.326 e. The Bertz CT molecular complexity index is 340. The van der Waals surface area contributed by atoms with Gasteiger partial charge in [0, 0.05) is 19.4 Å². The van der Waals surface area contributed by atoms with Gasteiger partial charge >= 0.3 is 5.97 Å². The standard InChI is InChI=1S/C13H22N2O4/c1-2-14-11(16)4-3-5-12(17)15-10(13(18)19)8-9-6-7-9/h9-10H,2-8H2,1H3,(H,14,16)(H,15,17)(H,18,19). The van der Waals surface area contributed by atoms with Crippen LogP contribution in [0.15, 0.2) is 0 Å². The average molecular weight is 270 g/mol. The molecule has 0 saturated heterocycles. The first-order chi connectivity index (χ1) is 9.02. The third kappa shape index (κ3) is 6.79. The average Bonchev–Trinajstić information content (AvgIpc) is 3.12. The van der Waals surface area contributed by atoms with Crippen molar-refractivity contribution in [3.63, 3.8) is 0 Å². The molecule has 0 aliphatic heterocycles. The molecule has 1 atom stereocenters. The topological polar surface area (TPSA) is 95.5 Å². The highest BCUT2D eigenvalue weighted by molar-refractivity contribution is 5.84. The van der Waals surface area contributed by atoms with Crippen molar-refractivity contribution in [2.24, 2.45) is 5.92 Å². The molecular formula is C13H22N2O4. The minimum Gasteiger partial charge on any atom is -0.480 e. The van der Waals surface area contributed by atoms with Gasteiger partial charge in [0.2, 0.25) is 11.8 Å². The highest BCUT2D eigenvalue weighted by Crippen LogP contribution is 2.33. The van der Waals surface area contributed by atoms with Gasteiger partial charge in [0.15, 0.2) is 0 Å². The SMILES string of the molecule is CCNC(=O)CCCC(=O)NC(CC1CC1)C(=O)O. The summed E-state index contributed by atoms with van der Waals surface area (Å²) >= 11 is 0. The zero-order valence-corrected chi connectivity index (χ0v) is 11.3. The number of nitrogens with one attached hydrogen (secondary N) is 2. The molecule has 1 unspecified atom stereocenters. The highest BCUT2D eigenvalue weighted by atomic mass is 16.4. The fourth-order valence-corrected chi connectivity index (χ4v) is 1.87. The molecule has 3 N–H and O–H groups in total. The van der Waals surface area contributed by atoms with E-state index < -0.39 is 12.0 Å². The van der Waals surface area contributed by atoms with Crippen molar-refractivity contribution >= 4 is 17.8 Å². The van der Waals surface area contributed by atoms with Gasteiger partial charge in [-0.2, -0.15) is 0 Å². The molecule has 19 heavy (non-hydrogen) atoms. The molecular weight excluding hydrogens is 248 g/mol. The molecule has 1 aliphatic carbocycles. The van der Waals surface area contributed by atoms with Gasteiger partial charge in [-0.05, 0) is 25.7 Å². The summed E-state index contributed by atoms with van der Waals surface area (Å²) in [6, 6.07) is -0.788. The third-order valence-corrected chi connectivity index (χ3v) is 3.08. The van der Waals surface area contributed by atoms with Gasteiger partial charge in [-0.25, -0.2) is 4.79 Å². The summed E-state index contributed by atoms with van der Waals surface area (Å²) in [4.78, 5) is 33.8. The Hall–Kier alpha value is -1.59. The Morgan fingerprint density at radius 3 is 2.37 bits per heavy atom. The summed E-state index contributed by atoms with van der Waals surface area (Å²) in [6.07, 6.45) is 3.53. The number of rotatable bonds is 9. The first kappa shape index (κ1) is 15.5. The van der Waals surface area contributed by atoms with Crippen LogP contribution in [0.2, 0.25) is 0 Å². The molecule has 1 rings (SSSR count). The van der Waals surface area contributed by atoms with E-state index >= 15 is 0 Å². The van der Waals surface area contributed by atoms with Crippen molar-refractivity contribution in [2.75, 3.05) is 6.54 Å². The summed E-state index contributed by atoms with van der Waals surface area (Å²) in [6.45, 7) is 2.41. The maximum atomic E-state index is 11.6. The van der Waals surface area contributed by atoms with E-state index in [4.69, 9.17) is 5.11 Å². The molecule has 0 aromatic carbocycles. The molecule has 0 spiro atoms. The summed E-state index contributed by atoms with van der Waals surface area (Å²) in [5.74, 6) is -0.916. The lowest BCUT2D eigenvalue weighted by Gasteiger charge is -2.13. The lowest BCUT2D eigenvalue weighted by Crippen LogP contribution is -2.41. The van der Waals surface area contributed by atoms with Crippen molar-refractivity contribution in [3.05, 3.63) is 0 Å². The van der Waals surface area contributed by atoms with Crippen molar-refractivity contribution in [3.8, 4) is 0 Å². The fourth-order valence-electron chi connectivity index (χ4n) is 1.87. The van der Waals surface area contributed by atoms with Gasteiger partial charge < -0.3 is 15.7 Å². The van der Waals surface area contributed by atoms with E-state index in [0.29, 0.717) is 31.7 Å². The van der Waals surface area contributed by atoms with Gasteiger partial charge in [0.25, 0.3) is 0 Å². The van der Waals surface area contributed by atoms with Crippen molar-refractivity contribution in [1.29, 1.82) is 0 Å². The summed E-state index contributed by atoms with van der Waals surface area (Å²) < 4.78 is 0. The molecule has 1 saturated carbocycles.